The molecule has 3 unspecified atom stereocenters. The minimum absolute atomic E-state index is 0.0323. The number of rotatable bonds is 3. The van der Waals surface area contributed by atoms with Gasteiger partial charge in [-0.3, -0.25) is 0 Å². The summed E-state index contributed by atoms with van der Waals surface area (Å²) in [5.41, 5.74) is 3.52. The fourth-order valence-corrected chi connectivity index (χ4v) is 2.49. The van der Waals surface area contributed by atoms with Gasteiger partial charge in [-0.05, 0) is 31.9 Å². The van der Waals surface area contributed by atoms with E-state index in [9.17, 15) is 5.11 Å². The van der Waals surface area contributed by atoms with Crippen molar-refractivity contribution in [3.63, 3.8) is 0 Å². The van der Waals surface area contributed by atoms with E-state index < -0.39 is 6.10 Å². The maximum Gasteiger partial charge on any atom is 0.130 e. The third-order valence-corrected chi connectivity index (χ3v) is 3.37. The molecule has 1 fully saturated rings. The molecule has 0 bridgehead atoms. The maximum atomic E-state index is 9.53. The topological polar surface area (TPSA) is 38.7 Å². The third-order valence-electron chi connectivity index (χ3n) is 3.37. The molecule has 3 heteroatoms. The maximum absolute atomic E-state index is 9.53. The van der Waals surface area contributed by atoms with E-state index in [1.165, 1.54) is 5.56 Å². The molecule has 2 rings (SSSR count). The number of hydrogen-bond acceptors (Lipinski definition) is 3. The largest absolute Gasteiger partial charge is 0.487 e. The zero-order valence-corrected chi connectivity index (χ0v) is 10.9. The number of aryl methyl sites for hydroxylation is 3. The Balaban J connectivity index is 2.14. The Bertz CT molecular complexity index is 391. The molecule has 1 aromatic carbocycles. The van der Waals surface area contributed by atoms with E-state index in [4.69, 9.17) is 9.47 Å². The van der Waals surface area contributed by atoms with Crippen LogP contribution in [0.15, 0.2) is 12.1 Å². The van der Waals surface area contributed by atoms with Gasteiger partial charge in [0.15, 0.2) is 0 Å². The van der Waals surface area contributed by atoms with Gasteiger partial charge >= 0.3 is 0 Å². The first kappa shape index (κ1) is 12.4. The van der Waals surface area contributed by atoms with Crippen molar-refractivity contribution < 1.29 is 14.6 Å². The summed E-state index contributed by atoms with van der Waals surface area (Å²) in [5.74, 6) is 0.926. The number of aliphatic hydroxyl groups is 1. The molecule has 0 aliphatic heterocycles. The molecule has 0 spiro atoms. The summed E-state index contributed by atoms with van der Waals surface area (Å²) in [6.07, 6.45) is 0.0203. The van der Waals surface area contributed by atoms with Gasteiger partial charge < -0.3 is 14.6 Å². The lowest BCUT2D eigenvalue weighted by atomic mass is 9.88. The van der Waals surface area contributed by atoms with Gasteiger partial charge in [0.25, 0.3) is 0 Å². The predicted molar refractivity (Wildman–Crippen MR) is 66.5 cm³/mol. The predicted octanol–water partition coefficient (Wildman–Crippen LogP) is 2.14. The molecule has 3 atom stereocenters. The average molecular weight is 236 g/mol. The average Bonchev–Trinajstić information content (AvgIpc) is 2.21. The standard InChI is InChI=1S/C14H20O3/c1-8-5-9(2)13(10(3)6-8)17-12-7-11(15)14(12)16-4/h5-6,11-12,14-15H,7H2,1-4H3. The second-order valence-electron chi connectivity index (χ2n) is 4.89. The SMILES string of the molecule is COC1C(O)CC1Oc1c(C)cc(C)cc1C. The summed E-state index contributed by atoms with van der Waals surface area (Å²) in [5, 5.41) is 9.53. The van der Waals surface area contributed by atoms with Gasteiger partial charge in [-0.2, -0.15) is 0 Å². The van der Waals surface area contributed by atoms with Gasteiger partial charge in [0.2, 0.25) is 0 Å². The fraction of sp³-hybridized carbons (Fsp3) is 0.571. The van der Waals surface area contributed by atoms with Crippen LogP contribution in [0.3, 0.4) is 0 Å². The number of ether oxygens (including phenoxy) is 2. The van der Waals surface area contributed by atoms with E-state index in [1.54, 1.807) is 7.11 Å². The van der Waals surface area contributed by atoms with Crippen LogP contribution in [0.2, 0.25) is 0 Å². The Kier molecular flexibility index (Phi) is 3.40. The minimum atomic E-state index is -0.393. The monoisotopic (exact) mass is 236 g/mol. The molecule has 0 heterocycles. The second kappa shape index (κ2) is 4.67. The van der Waals surface area contributed by atoms with Crippen LogP contribution in [0.4, 0.5) is 0 Å². The van der Waals surface area contributed by atoms with Crippen molar-refractivity contribution >= 4 is 0 Å². The summed E-state index contributed by atoms with van der Waals surface area (Å²) in [6.45, 7) is 6.17. The molecule has 94 valence electrons. The quantitative estimate of drug-likeness (QED) is 0.874. The van der Waals surface area contributed by atoms with Crippen LogP contribution in [-0.2, 0) is 4.74 Å². The van der Waals surface area contributed by atoms with Crippen LogP contribution in [0.1, 0.15) is 23.1 Å². The number of hydrogen-bond donors (Lipinski definition) is 1. The number of methoxy groups -OCH3 is 1. The lowest BCUT2D eigenvalue weighted by Crippen LogP contribution is -2.54. The molecule has 17 heavy (non-hydrogen) atoms. The number of aliphatic hydroxyl groups excluding tert-OH is 1. The van der Waals surface area contributed by atoms with Crippen molar-refractivity contribution in [3.8, 4) is 5.75 Å². The van der Waals surface area contributed by atoms with Crippen LogP contribution < -0.4 is 4.74 Å². The highest BCUT2D eigenvalue weighted by molar-refractivity contribution is 5.43. The summed E-state index contributed by atoms with van der Waals surface area (Å²) in [7, 11) is 1.61. The summed E-state index contributed by atoms with van der Waals surface area (Å²) in [6, 6.07) is 4.22. The summed E-state index contributed by atoms with van der Waals surface area (Å²) < 4.78 is 11.2. The number of benzene rings is 1. The highest BCUT2D eigenvalue weighted by Crippen LogP contribution is 2.32. The molecule has 3 nitrogen and oxygen atoms in total. The first-order chi connectivity index (χ1) is 8.02. The van der Waals surface area contributed by atoms with Crippen molar-refractivity contribution in [2.75, 3.05) is 7.11 Å². The Hall–Kier alpha value is -1.06. The van der Waals surface area contributed by atoms with Crippen molar-refractivity contribution in [1.29, 1.82) is 0 Å². The zero-order valence-electron chi connectivity index (χ0n) is 10.9. The van der Waals surface area contributed by atoms with Crippen LogP contribution in [0, 0.1) is 20.8 Å². The highest BCUT2D eigenvalue weighted by Gasteiger charge is 2.42. The normalized spacial score (nSPS) is 27.7. The van der Waals surface area contributed by atoms with Gasteiger partial charge in [0.05, 0.1) is 6.10 Å². The van der Waals surface area contributed by atoms with E-state index in [0.29, 0.717) is 6.42 Å². The molecular weight excluding hydrogens is 216 g/mol. The highest BCUT2D eigenvalue weighted by atomic mass is 16.6. The molecule has 1 aliphatic rings. The van der Waals surface area contributed by atoms with Crippen LogP contribution in [0.25, 0.3) is 0 Å². The van der Waals surface area contributed by atoms with Crippen LogP contribution in [-0.4, -0.2) is 30.5 Å². The van der Waals surface area contributed by atoms with Crippen molar-refractivity contribution in [1.82, 2.24) is 0 Å². The molecule has 1 N–H and O–H groups in total. The lowest BCUT2D eigenvalue weighted by molar-refractivity contribution is -0.149. The smallest absolute Gasteiger partial charge is 0.130 e. The van der Waals surface area contributed by atoms with Crippen molar-refractivity contribution in [2.24, 2.45) is 0 Å². The van der Waals surface area contributed by atoms with Crippen molar-refractivity contribution in [2.45, 2.75) is 45.5 Å². The van der Waals surface area contributed by atoms with E-state index in [2.05, 4.69) is 19.1 Å². The molecule has 0 saturated heterocycles. The molecule has 0 aromatic heterocycles. The zero-order chi connectivity index (χ0) is 12.6. The van der Waals surface area contributed by atoms with Crippen LogP contribution in [0.5, 0.6) is 5.75 Å². The molecule has 0 radical (unpaired) electrons. The van der Waals surface area contributed by atoms with Gasteiger partial charge in [-0.15, -0.1) is 0 Å². The van der Waals surface area contributed by atoms with E-state index in [0.717, 1.165) is 16.9 Å². The first-order valence-corrected chi connectivity index (χ1v) is 5.98. The van der Waals surface area contributed by atoms with Gasteiger partial charge in [-0.1, -0.05) is 17.7 Å². The molecule has 1 saturated carbocycles. The third kappa shape index (κ3) is 2.31. The molecular formula is C14H20O3. The minimum Gasteiger partial charge on any atom is -0.487 e. The second-order valence-corrected chi connectivity index (χ2v) is 4.89. The molecule has 1 aromatic rings. The van der Waals surface area contributed by atoms with Crippen molar-refractivity contribution in [3.05, 3.63) is 28.8 Å². The van der Waals surface area contributed by atoms with E-state index >= 15 is 0 Å². The van der Waals surface area contributed by atoms with E-state index in [1.807, 2.05) is 13.8 Å². The van der Waals surface area contributed by atoms with Gasteiger partial charge in [0, 0.05) is 13.5 Å². The Morgan fingerprint density at radius 1 is 1.18 bits per heavy atom. The lowest BCUT2D eigenvalue weighted by Gasteiger charge is -2.40. The van der Waals surface area contributed by atoms with Gasteiger partial charge in [0.1, 0.15) is 18.0 Å². The summed E-state index contributed by atoms with van der Waals surface area (Å²) in [4.78, 5) is 0. The Morgan fingerprint density at radius 2 is 1.76 bits per heavy atom. The Morgan fingerprint density at radius 3 is 2.24 bits per heavy atom. The van der Waals surface area contributed by atoms with Gasteiger partial charge in [-0.25, -0.2) is 0 Å². The Labute approximate surface area is 102 Å². The molecule has 1 aliphatic carbocycles. The van der Waals surface area contributed by atoms with Crippen LogP contribution >= 0.6 is 0 Å². The summed E-state index contributed by atoms with van der Waals surface area (Å²) >= 11 is 0. The molecule has 0 amide bonds. The first-order valence-electron chi connectivity index (χ1n) is 5.98. The van der Waals surface area contributed by atoms with E-state index in [-0.39, 0.29) is 12.2 Å². The fourth-order valence-electron chi connectivity index (χ4n) is 2.49.